The van der Waals surface area contributed by atoms with E-state index in [-0.39, 0.29) is 5.75 Å². The van der Waals surface area contributed by atoms with E-state index in [2.05, 4.69) is 0 Å². The Labute approximate surface area is 135 Å². The highest BCUT2D eigenvalue weighted by atomic mass is 16.5. The normalized spacial score (nSPS) is 10.7. The lowest BCUT2D eigenvalue weighted by molar-refractivity contribution is 0.353. The van der Waals surface area contributed by atoms with Crippen LogP contribution in [0.4, 0.5) is 5.69 Å². The van der Waals surface area contributed by atoms with Crippen molar-refractivity contribution in [3.05, 3.63) is 48.0 Å². The number of hydrogen-bond donors (Lipinski definition) is 2. The molecule has 0 bridgehead atoms. The van der Waals surface area contributed by atoms with Crippen LogP contribution in [0.25, 0.3) is 21.9 Å². The van der Waals surface area contributed by atoms with Gasteiger partial charge in [-0.15, -0.1) is 0 Å². The highest BCUT2D eigenvalue weighted by Gasteiger charge is 2.20. The molecule has 0 fully saturated rings. The molecular weight excluding hydrogens is 290 g/mol. The third kappa shape index (κ3) is 2.32. The third-order valence-electron chi connectivity index (χ3n) is 4.10. The number of nitrogens with two attached hydrogens (primary N) is 1. The minimum Gasteiger partial charge on any atom is -0.507 e. The van der Waals surface area contributed by atoms with E-state index in [1.165, 1.54) is 0 Å². The third-order valence-corrected chi connectivity index (χ3v) is 4.10. The number of aromatic hydroxyl groups is 1. The molecule has 4 heteroatoms. The van der Waals surface area contributed by atoms with Gasteiger partial charge in [-0.3, -0.25) is 0 Å². The molecule has 0 radical (unpaired) electrons. The van der Waals surface area contributed by atoms with Crippen LogP contribution in [0.2, 0.25) is 0 Å². The van der Waals surface area contributed by atoms with E-state index in [0.717, 1.165) is 21.9 Å². The average molecular weight is 309 g/mol. The van der Waals surface area contributed by atoms with Crippen LogP contribution in [-0.2, 0) is 0 Å². The van der Waals surface area contributed by atoms with Crippen molar-refractivity contribution in [3.63, 3.8) is 0 Å². The molecule has 23 heavy (non-hydrogen) atoms. The number of benzene rings is 3. The summed E-state index contributed by atoms with van der Waals surface area (Å²) < 4.78 is 10.8. The van der Waals surface area contributed by atoms with Crippen molar-refractivity contribution in [3.8, 4) is 28.4 Å². The number of fused-ring (bicyclic) bond motifs is 1. The van der Waals surface area contributed by atoms with Gasteiger partial charge in [0.1, 0.15) is 5.75 Å². The SMILES string of the molecule is COc1cc(N)c(-c2c(O)ccc3ccccc23)c(C)c1OC. The Kier molecular flexibility index (Phi) is 3.74. The van der Waals surface area contributed by atoms with Crippen LogP contribution in [-0.4, -0.2) is 19.3 Å². The molecule has 0 saturated heterocycles. The van der Waals surface area contributed by atoms with Crippen LogP contribution in [0.15, 0.2) is 42.5 Å². The second-order valence-corrected chi connectivity index (χ2v) is 5.38. The topological polar surface area (TPSA) is 64.7 Å². The maximum atomic E-state index is 10.5. The fourth-order valence-corrected chi connectivity index (χ4v) is 3.05. The van der Waals surface area contributed by atoms with E-state index in [4.69, 9.17) is 15.2 Å². The van der Waals surface area contributed by atoms with Crippen LogP contribution < -0.4 is 15.2 Å². The Balaban J connectivity index is 2.42. The van der Waals surface area contributed by atoms with Crippen LogP contribution >= 0.6 is 0 Å². The van der Waals surface area contributed by atoms with E-state index >= 15 is 0 Å². The first-order chi connectivity index (χ1) is 11.1. The van der Waals surface area contributed by atoms with Crippen molar-refractivity contribution in [1.82, 2.24) is 0 Å². The van der Waals surface area contributed by atoms with Gasteiger partial charge in [0.2, 0.25) is 0 Å². The highest BCUT2D eigenvalue weighted by Crippen LogP contribution is 2.46. The lowest BCUT2D eigenvalue weighted by Gasteiger charge is -2.19. The Morgan fingerprint density at radius 3 is 2.39 bits per heavy atom. The number of phenols is 1. The highest BCUT2D eigenvalue weighted by molar-refractivity contribution is 6.03. The molecule has 4 nitrogen and oxygen atoms in total. The molecule has 0 aliphatic carbocycles. The zero-order valence-electron chi connectivity index (χ0n) is 13.4. The summed E-state index contributed by atoms with van der Waals surface area (Å²) >= 11 is 0. The molecule has 0 unspecified atom stereocenters. The molecule has 0 aliphatic heterocycles. The fourth-order valence-electron chi connectivity index (χ4n) is 3.05. The maximum Gasteiger partial charge on any atom is 0.164 e. The first-order valence-corrected chi connectivity index (χ1v) is 7.30. The average Bonchev–Trinajstić information content (AvgIpc) is 2.56. The summed E-state index contributed by atoms with van der Waals surface area (Å²) in [7, 11) is 3.17. The Morgan fingerprint density at radius 2 is 1.70 bits per heavy atom. The summed E-state index contributed by atoms with van der Waals surface area (Å²) in [6.07, 6.45) is 0. The Bertz CT molecular complexity index is 887. The molecule has 118 valence electrons. The standard InChI is InChI=1S/C19H19NO3/c1-11-17(14(20)10-16(22-2)19(11)23-3)18-13-7-5-4-6-12(13)8-9-15(18)21/h4-10,21H,20H2,1-3H3. The number of phenolic OH excluding ortho intramolecular Hbond substituents is 1. The Morgan fingerprint density at radius 1 is 0.957 bits per heavy atom. The monoisotopic (exact) mass is 309 g/mol. The summed E-state index contributed by atoms with van der Waals surface area (Å²) in [5.74, 6) is 1.38. The van der Waals surface area contributed by atoms with Gasteiger partial charge in [0, 0.05) is 28.4 Å². The molecule has 3 rings (SSSR count). The van der Waals surface area contributed by atoms with E-state index < -0.39 is 0 Å². The predicted octanol–water partition coefficient (Wildman–Crippen LogP) is 4.12. The van der Waals surface area contributed by atoms with Crippen LogP contribution in [0, 0.1) is 6.92 Å². The minimum absolute atomic E-state index is 0.186. The van der Waals surface area contributed by atoms with Gasteiger partial charge in [-0.1, -0.05) is 30.3 Å². The number of ether oxygens (including phenoxy) is 2. The van der Waals surface area contributed by atoms with Crippen molar-refractivity contribution in [1.29, 1.82) is 0 Å². The molecule has 0 spiro atoms. The Hall–Kier alpha value is -2.88. The van der Waals surface area contributed by atoms with E-state index in [1.54, 1.807) is 26.4 Å². The van der Waals surface area contributed by atoms with Crippen LogP contribution in [0.3, 0.4) is 0 Å². The number of nitrogen functional groups attached to an aromatic ring is 1. The summed E-state index contributed by atoms with van der Waals surface area (Å²) in [6, 6.07) is 13.2. The van der Waals surface area contributed by atoms with Crippen molar-refractivity contribution in [2.45, 2.75) is 6.92 Å². The van der Waals surface area contributed by atoms with Gasteiger partial charge in [0.05, 0.1) is 14.2 Å². The van der Waals surface area contributed by atoms with Gasteiger partial charge in [-0.2, -0.15) is 0 Å². The van der Waals surface area contributed by atoms with Gasteiger partial charge in [-0.25, -0.2) is 0 Å². The summed E-state index contributed by atoms with van der Waals surface area (Å²) in [5, 5.41) is 12.4. The number of methoxy groups -OCH3 is 2. The summed E-state index contributed by atoms with van der Waals surface area (Å²) in [6.45, 7) is 1.91. The number of anilines is 1. The smallest absolute Gasteiger partial charge is 0.164 e. The molecule has 3 N–H and O–H groups in total. The molecule has 3 aromatic carbocycles. The van der Waals surface area contributed by atoms with Crippen LogP contribution in [0.5, 0.6) is 17.2 Å². The predicted molar refractivity (Wildman–Crippen MR) is 93.3 cm³/mol. The molecule has 3 aromatic rings. The second kappa shape index (κ2) is 5.72. The zero-order chi connectivity index (χ0) is 16.6. The van der Waals surface area contributed by atoms with Crippen molar-refractivity contribution < 1.29 is 14.6 Å². The fraction of sp³-hybridized carbons (Fsp3) is 0.158. The van der Waals surface area contributed by atoms with Crippen molar-refractivity contribution >= 4 is 16.5 Å². The van der Waals surface area contributed by atoms with E-state index in [9.17, 15) is 5.11 Å². The first kappa shape index (κ1) is 15.0. The van der Waals surface area contributed by atoms with Crippen molar-refractivity contribution in [2.75, 3.05) is 20.0 Å². The minimum atomic E-state index is 0.186. The molecule has 0 aliphatic rings. The molecule has 0 saturated carbocycles. The van der Waals surface area contributed by atoms with Gasteiger partial charge in [-0.05, 0) is 23.8 Å². The van der Waals surface area contributed by atoms with E-state index in [1.807, 2.05) is 37.3 Å². The van der Waals surface area contributed by atoms with Crippen molar-refractivity contribution in [2.24, 2.45) is 0 Å². The zero-order valence-corrected chi connectivity index (χ0v) is 13.4. The second-order valence-electron chi connectivity index (χ2n) is 5.38. The summed E-state index contributed by atoms with van der Waals surface area (Å²) in [5.41, 5.74) is 9.10. The van der Waals surface area contributed by atoms with Gasteiger partial charge in [0.25, 0.3) is 0 Å². The van der Waals surface area contributed by atoms with Gasteiger partial charge >= 0.3 is 0 Å². The number of rotatable bonds is 3. The molecule has 0 amide bonds. The molecule has 0 aromatic heterocycles. The molecule has 0 atom stereocenters. The quantitative estimate of drug-likeness (QED) is 0.714. The van der Waals surface area contributed by atoms with Crippen LogP contribution in [0.1, 0.15) is 5.56 Å². The lowest BCUT2D eigenvalue weighted by atomic mass is 9.92. The van der Waals surface area contributed by atoms with Gasteiger partial charge in [0.15, 0.2) is 11.5 Å². The molecule has 0 heterocycles. The first-order valence-electron chi connectivity index (χ1n) is 7.30. The number of hydrogen-bond acceptors (Lipinski definition) is 4. The largest absolute Gasteiger partial charge is 0.507 e. The summed E-state index contributed by atoms with van der Waals surface area (Å²) in [4.78, 5) is 0. The molecular formula is C19H19NO3. The van der Waals surface area contributed by atoms with Gasteiger partial charge < -0.3 is 20.3 Å². The van der Waals surface area contributed by atoms with E-state index in [0.29, 0.717) is 22.7 Å². The maximum absolute atomic E-state index is 10.5. The lowest BCUT2D eigenvalue weighted by Crippen LogP contribution is -2.00.